The van der Waals surface area contributed by atoms with Crippen LogP contribution in [-0.4, -0.2) is 23.8 Å². The summed E-state index contributed by atoms with van der Waals surface area (Å²) in [7, 11) is 0. The van der Waals surface area contributed by atoms with Crippen LogP contribution in [0.15, 0.2) is 42.5 Å². The molecule has 3 nitrogen and oxygen atoms in total. The number of hydrogen-bond donors (Lipinski definition) is 3. The molecule has 0 radical (unpaired) electrons. The van der Waals surface area contributed by atoms with E-state index < -0.39 is 23.8 Å². The van der Waals surface area contributed by atoms with E-state index in [1.165, 1.54) is 29.7 Å². The van der Waals surface area contributed by atoms with Crippen molar-refractivity contribution in [1.29, 1.82) is 0 Å². The van der Waals surface area contributed by atoms with Crippen LogP contribution in [0.1, 0.15) is 69.6 Å². The molecule has 1 aliphatic rings. The van der Waals surface area contributed by atoms with Gasteiger partial charge in [0.05, 0.1) is 6.10 Å². The molecule has 0 saturated heterocycles. The molecule has 2 aromatic carbocycles. The summed E-state index contributed by atoms with van der Waals surface area (Å²) in [6.07, 6.45) is 4.90. The maximum Gasteiger partial charge on any atom is 0.126 e. The van der Waals surface area contributed by atoms with Gasteiger partial charge in [0.15, 0.2) is 0 Å². The first kappa shape index (κ1) is 23.8. The van der Waals surface area contributed by atoms with E-state index in [2.05, 4.69) is 50.4 Å². The van der Waals surface area contributed by atoms with Crippen LogP contribution >= 0.6 is 0 Å². The topological polar surface area (TPSA) is 58.3 Å². The van der Waals surface area contributed by atoms with Gasteiger partial charge in [0, 0.05) is 24.2 Å². The van der Waals surface area contributed by atoms with Crippen LogP contribution in [-0.2, 0) is 17.4 Å². The van der Waals surface area contributed by atoms with Crippen molar-refractivity contribution in [3.05, 3.63) is 70.8 Å². The fraction of sp³-hybridized carbons (Fsp3) is 0.538. The summed E-state index contributed by atoms with van der Waals surface area (Å²) < 4.78 is 26.9. The second-order valence-electron chi connectivity index (χ2n) is 10.1. The van der Waals surface area contributed by atoms with Gasteiger partial charge in [0.2, 0.25) is 0 Å². The Bertz CT molecular complexity index is 852. The molecule has 0 aromatic heterocycles. The monoisotopic (exact) mass is 430 g/mol. The van der Waals surface area contributed by atoms with Crippen molar-refractivity contribution in [3.8, 4) is 0 Å². The lowest BCUT2D eigenvalue weighted by atomic mass is 9.74. The van der Waals surface area contributed by atoms with E-state index in [9.17, 15) is 13.9 Å². The highest BCUT2D eigenvalue weighted by molar-refractivity contribution is 5.34. The number of hydrogen-bond acceptors (Lipinski definition) is 3. The molecule has 0 heterocycles. The van der Waals surface area contributed by atoms with Gasteiger partial charge in [-0.1, -0.05) is 64.3 Å². The van der Waals surface area contributed by atoms with E-state index in [0.717, 1.165) is 31.7 Å². The van der Waals surface area contributed by atoms with Crippen LogP contribution < -0.4 is 11.1 Å². The maximum atomic E-state index is 13.5. The standard InChI is InChI=1S/C26H36F2N2O/c1-25(2,3)19-8-7-9-20(15-19)26(10-5-4-6-11-26)30-17-24(31)23(29)14-18-12-21(27)16-22(28)13-18/h7-9,12-13,15-16,23-24,30-31H,4-6,10-11,14,17,29H2,1-3H3/t23-,24+/m0/s1. The number of benzene rings is 2. The lowest BCUT2D eigenvalue weighted by Gasteiger charge is -2.40. The van der Waals surface area contributed by atoms with Crippen molar-refractivity contribution in [2.24, 2.45) is 5.73 Å². The van der Waals surface area contributed by atoms with E-state index in [1.807, 2.05) is 0 Å². The predicted octanol–water partition coefficient (Wildman–Crippen LogP) is 4.94. The third-order valence-corrected chi connectivity index (χ3v) is 6.53. The quantitative estimate of drug-likeness (QED) is 0.583. The zero-order chi connectivity index (χ0) is 22.6. The lowest BCUT2D eigenvalue weighted by molar-refractivity contribution is 0.116. The molecule has 31 heavy (non-hydrogen) atoms. The maximum absolute atomic E-state index is 13.5. The molecule has 1 fully saturated rings. The van der Waals surface area contributed by atoms with Crippen molar-refractivity contribution in [3.63, 3.8) is 0 Å². The van der Waals surface area contributed by atoms with Gasteiger partial charge in [-0.3, -0.25) is 0 Å². The van der Waals surface area contributed by atoms with Crippen molar-refractivity contribution in [1.82, 2.24) is 5.32 Å². The van der Waals surface area contributed by atoms with Gasteiger partial charge in [0.1, 0.15) is 11.6 Å². The predicted molar refractivity (Wildman–Crippen MR) is 122 cm³/mol. The Morgan fingerprint density at radius 2 is 1.68 bits per heavy atom. The number of rotatable bonds is 7. The molecule has 2 aromatic rings. The highest BCUT2D eigenvalue weighted by Crippen LogP contribution is 2.38. The van der Waals surface area contributed by atoms with Gasteiger partial charge in [0.25, 0.3) is 0 Å². The minimum atomic E-state index is -0.823. The molecule has 1 aliphatic carbocycles. The summed E-state index contributed by atoms with van der Waals surface area (Å²) in [6.45, 7) is 6.97. The number of nitrogens with one attached hydrogen (secondary N) is 1. The third kappa shape index (κ3) is 6.12. The Labute approximate surface area is 185 Å². The molecule has 0 bridgehead atoms. The van der Waals surface area contributed by atoms with E-state index in [4.69, 9.17) is 5.73 Å². The van der Waals surface area contributed by atoms with E-state index >= 15 is 0 Å². The van der Waals surface area contributed by atoms with Gasteiger partial charge >= 0.3 is 0 Å². The Morgan fingerprint density at radius 3 is 2.29 bits per heavy atom. The normalized spacial score (nSPS) is 18.5. The van der Waals surface area contributed by atoms with Gasteiger partial charge in [-0.05, 0) is 53.5 Å². The summed E-state index contributed by atoms with van der Waals surface area (Å²) >= 11 is 0. The highest BCUT2D eigenvalue weighted by Gasteiger charge is 2.35. The first-order valence-corrected chi connectivity index (χ1v) is 11.3. The number of nitrogens with two attached hydrogens (primary N) is 1. The van der Waals surface area contributed by atoms with Crippen LogP contribution in [0, 0.1) is 11.6 Å². The van der Waals surface area contributed by atoms with Crippen LogP contribution in [0.5, 0.6) is 0 Å². The Hall–Kier alpha value is -1.82. The highest BCUT2D eigenvalue weighted by atomic mass is 19.1. The van der Waals surface area contributed by atoms with Gasteiger partial charge in [-0.15, -0.1) is 0 Å². The average Bonchev–Trinajstić information content (AvgIpc) is 2.71. The second-order valence-corrected chi connectivity index (χ2v) is 10.1. The summed E-state index contributed by atoms with van der Waals surface area (Å²) in [6, 6.07) is 11.5. The molecule has 0 unspecified atom stereocenters. The van der Waals surface area contributed by atoms with Gasteiger partial charge in [-0.2, -0.15) is 0 Å². The zero-order valence-electron chi connectivity index (χ0n) is 18.9. The van der Waals surface area contributed by atoms with Crippen molar-refractivity contribution in [2.75, 3.05) is 6.54 Å². The molecule has 1 saturated carbocycles. The number of aliphatic hydroxyl groups excluding tert-OH is 1. The van der Waals surface area contributed by atoms with E-state index in [0.29, 0.717) is 12.1 Å². The number of halogens is 2. The molecule has 170 valence electrons. The Kier molecular flexibility index (Phi) is 7.51. The van der Waals surface area contributed by atoms with E-state index in [1.54, 1.807) is 0 Å². The summed E-state index contributed by atoms with van der Waals surface area (Å²) in [5.41, 5.74) is 9.07. The smallest absolute Gasteiger partial charge is 0.126 e. The molecule has 4 N–H and O–H groups in total. The van der Waals surface area contributed by atoms with Gasteiger partial charge < -0.3 is 16.2 Å². The van der Waals surface area contributed by atoms with Crippen LogP contribution in [0.2, 0.25) is 0 Å². The van der Waals surface area contributed by atoms with Crippen molar-refractivity contribution >= 4 is 0 Å². The largest absolute Gasteiger partial charge is 0.390 e. The van der Waals surface area contributed by atoms with Gasteiger partial charge in [-0.25, -0.2) is 8.78 Å². The SMILES string of the molecule is CC(C)(C)c1cccc(C2(NC[C@@H](O)[C@@H](N)Cc3cc(F)cc(F)c3)CCCCC2)c1. The molecule has 0 spiro atoms. The van der Waals surface area contributed by atoms with Crippen molar-refractivity contribution < 1.29 is 13.9 Å². The summed E-state index contributed by atoms with van der Waals surface area (Å²) in [5.74, 6) is -1.26. The first-order chi connectivity index (χ1) is 14.6. The lowest BCUT2D eigenvalue weighted by Crippen LogP contribution is -2.51. The molecule has 3 rings (SSSR count). The van der Waals surface area contributed by atoms with Crippen LogP contribution in [0.3, 0.4) is 0 Å². The van der Waals surface area contributed by atoms with Crippen molar-refractivity contribution in [2.45, 2.75) is 82.4 Å². The number of aliphatic hydroxyl groups is 1. The average molecular weight is 431 g/mol. The minimum Gasteiger partial charge on any atom is -0.390 e. The molecular formula is C26H36F2N2O. The molecular weight excluding hydrogens is 394 g/mol. The summed E-state index contributed by atoms with van der Waals surface area (Å²) in [4.78, 5) is 0. The molecule has 0 aliphatic heterocycles. The minimum absolute atomic E-state index is 0.0635. The zero-order valence-corrected chi connectivity index (χ0v) is 18.9. The summed E-state index contributed by atoms with van der Waals surface area (Å²) in [5, 5.41) is 14.4. The van der Waals surface area contributed by atoms with Crippen LogP contribution in [0.25, 0.3) is 0 Å². The molecule has 0 amide bonds. The fourth-order valence-corrected chi connectivity index (χ4v) is 4.59. The molecule has 2 atom stereocenters. The second kappa shape index (κ2) is 9.76. The Balaban J connectivity index is 1.72. The Morgan fingerprint density at radius 1 is 1.03 bits per heavy atom. The fourth-order valence-electron chi connectivity index (χ4n) is 4.59. The first-order valence-electron chi connectivity index (χ1n) is 11.3. The van der Waals surface area contributed by atoms with Crippen LogP contribution in [0.4, 0.5) is 8.78 Å². The molecule has 5 heteroatoms. The third-order valence-electron chi connectivity index (χ3n) is 6.53. The van der Waals surface area contributed by atoms with E-state index in [-0.39, 0.29) is 17.4 Å².